The highest BCUT2D eigenvalue weighted by molar-refractivity contribution is 14.1. The minimum Gasteiger partial charge on any atom is -0.371 e. The molecule has 2 aromatic rings. The van der Waals surface area contributed by atoms with Gasteiger partial charge in [-0.2, -0.15) is 0 Å². The third-order valence-corrected chi connectivity index (χ3v) is 6.47. The summed E-state index contributed by atoms with van der Waals surface area (Å²) in [6, 6.07) is 12.6. The number of carbonyl (C=O) groups excluding carboxylic acids is 1. The molecule has 2 heterocycles. The third-order valence-electron chi connectivity index (χ3n) is 5.80. The van der Waals surface area contributed by atoms with E-state index in [0.717, 1.165) is 50.7 Å². The Kier molecular flexibility index (Phi) is 3.29. The first kappa shape index (κ1) is 14.9. The smallest absolute Gasteiger partial charge is 0.194 e. The summed E-state index contributed by atoms with van der Waals surface area (Å²) >= 11 is 2.27. The van der Waals surface area contributed by atoms with Crippen molar-refractivity contribution in [2.45, 2.75) is 0 Å². The number of hydrogen-bond donors (Lipinski definition) is 0. The lowest BCUT2D eigenvalue weighted by molar-refractivity contribution is 0.104. The molecule has 5 rings (SSSR count). The number of hydrogen-bond acceptors (Lipinski definition) is 3. The first-order valence-electron chi connectivity index (χ1n) is 8.52. The van der Waals surface area contributed by atoms with E-state index >= 15 is 0 Å². The van der Waals surface area contributed by atoms with Crippen LogP contribution in [0.4, 0.5) is 5.69 Å². The summed E-state index contributed by atoms with van der Waals surface area (Å²) in [6.45, 7) is 4.64. The number of likely N-dealkylation sites (tertiary alicyclic amines) is 1. The molecule has 3 nitrogen and oxygen atoms in total. The van der Waals surface area contributed by atoms with Gasteiger partial charge in [-0.1, -0.05) is 12.1 Å². The monoisotopic (exact) mass is 430 g/mol. The number of fused-ring (bicyclic) bond motifs is 4. The summed E-state index contributed by atoms with van der Waals surface area (Å²) in [7, 11) is 2.22. The molecule has 0 saturated carbocycles. The van der Waals surface area contributed by atoms with Crippen LogP contribution >= 0.6 is 22.6 Å². The third kappa shape index (κ3) is 2.15. The highest BCUT2D eigenvalue weighted by Crippen LogP contribution is 2.40. The van der Waals surface area contributed by atoms with E-state index in [2.05, 4.69) is 69.8 Å². The van der Waals surface area contributed by atoms with Crippen molar-refractivity contribution in [3.63, 3.8) is 0 Å². The number of anilines is 1. The Morgan fingerprint density at radius 2 is 1.50 bits per heavy atom. The van der Waals surface area contributed by atoms with Gasteiger partial charge in [0.2, 0.25) is 0 Å². The SMILES string of the molecule is CN1C[C@@H]2CN(c3ccc4c(c3)C(=O)c3cc(I)ccc3-4)C[C@@H]2C1. The Morgan fingerprint density at radius 1 is 0.875 bits per heavy atom. The lowest BCUT2D eigenvalue weighted by Gasteiger charge is -2.22. The molecule has 24 heavy (non-hydrogen) atoms. The quantitative estimate of drug-likeness (QED) is 0.553. The first-order valence-corrected chi connectivity index (χ1v) is 9.60. The van der Waals surface area contributed by atoms with Crippen LogP contribution in [0.15, 0.2) is 36.4 Å². The first-order chi connectivity index (χ1) is 11.6. The van der Waals surface area contributed by atoms with Crippen LogP contribution in [-0.4, -0.2) is 43.9 Å². The molecule has 2 aliphatic heterocycles. The average molecular weight is 430 g/mol. The molecule has 0 spiro atoms. The summed E-state index contributed by atoms with van der Waals surface area (Å²) < 4.78 is 1.12. The van der Waals surface area contributed by atoms with Gasteiger partial charge in [-0.05, 0) is 76.9 Å². The van der Waals surface area contributed by atoms with E-state index in [-0.39, 0.29) is 5.78 Å². The van der Waals surface area contributed by atoms with Crippen LogP contribution in [-0.2, 0) is 0 Å². The predicted octanol–water partition coefficient (Wildman–Crippen LogP) is 3.50. The average Bonchev–Trinajstić information content (AvgIpc) is 3.18. The van der Waals surface area contributed by atoms with Gasteiger partial charge in [-0.15, -0.1) is 0 Å². The molecule has 0 N–H and O–H groups in total. The van der Waals surface area contributed by atoms with Crippen LogP contribution in [0.5, 0.6) is 0 Å². The zero-order chi connectivity index (χ0) is 16.4. The van der Waals surface area contributed by atoms with Gasteiger partial charge in [0.15, 0.2) is 5.78 Å². The largest absolute Gasteiger partial charge is 0.371 e. The summed E-state index contributed by atoms with van der Waals surface area (Å²) in [4.78, 5) is 17.7. The number of halogens is 1. The van der Waals surface area contributed by atoms with Gasteiger partial charge in [0, 0.05) is 46.6 Å². The number of nitrogens with zero attached hydrogens (tertiary/aromatic N) is 2. The molecule has 2 atom stereocenters. The zero-order valence-corrected chi connectivity index (χ0v) is 15.8. The summed E-state index contributed by atoms with van der Waals surface area (Å²) in [6.07, 6.45) is 0. The van der Waals surface area contributed by atoms with Gasteiger partial charge in [-0.25, -0.2) is 0 Å². The second-order valence-electron chi connectivity index (χ2n) is 7.40. The maximum Gasteiger partial charge on any atom is 0.194 e. The van der Waals surface area contributed by atoms with Crippen molar-refractivity contribution in [1.29, 1.82) is 0 Å². The number of benzene rings is 2. The standard InChI is InChI=1S/C20H19IN2O/c1-22-8-12-10-23(11-13(12)9-22)15-3-5-17-16-4-2-14(21)6-18(16)20(24)19(17)7-15/h2-7,12-13H,8-11H2,1H3/t12-,13+. The van der Waals surface area contributed by atoms with Crippen molar-refractivity contribution in [2.75, 3.05) is 38.1 Å². The maximum absolute atomic E-state index is 12.8. The predicted molar refractivity (Wildman–Crippen MR) is 105 cm³/mol. The number of rotatable bonds is 1. The van der Waals surface area contributed by atoms with Crippen molar-refractivity contribution in [3.05, 3.63) is 51.1 Å². The van der Waals surface area contributed by atoms with Gasteiger partial charge >= 0.3 is 0 Å². The van der Waals surface area contributed by atoms with Crippen LogP contribution in [0, 0.1) is 15.4 Å². The van der Waals surface area contributed by atoms with E-state index in [4.69, 9.17) is 0 Å². The minimum atomic E-state index is 0.180. The number of carbonyl (C=O) groups is 1. The zero-order valence-electron chi connectivity index (χ0n) is 13.6. The van der Waals surface area contributed by atoms with E-state index in [1.165, 1.54) is 18.8 Å². The lowest BCUT2D eigenvalue weighted by Crippen LogP contribution is -2.26. The molecule has 1 aliphatic carbocycles. The lowest BCUT2D eigenvalue weighted by atomic mass is 10.0. The normalized spacial score (nSPS) is 25.1. The molecular formula is C20H19IN2O. The van der Waals surface area contributed by atoms with Gasteiger partial charge in [0.05, 0.1) is 0 Å². The van der Waals surface area contributed by atoms with E-state index in [0.29, 0.717) is 0 Å². The van der Waals surface area contributed by atoms with Crippen molar-refractivity contribution < 1.29 is 4.79 Å². The van der Waals surface area contributed by atoms with Crippen LogP contribution < -0.4 is 4.90 Å². The Morgan fingerprint density at radius 3 is 2.21 bits per heavy atom. The van der Waals surface area contributed by atoms with Crippen molar-refractivity contribution in [3.8, 4) is 11.1 Å². The molecule has 0 amide bonds. The molecular weight excluding hydrogens is 411 g/mol. The maximum atomic E-state index is 12.8. The van der Waals surface area contributed by atoms with Gasteiger partial charge in [0.25, 0.3) is 0 Å². The van der Waals surface area contributed by atoms with E-state index < -0.39 is 0 Å². The van der Waals surface area contributed by atoms with Crippen molar-refractivity contribution >= 4 is 34.1 Å². The second kappa shape index (κ2) is 5.30. The van der Waals surface area contributed by atoms with Crippen LogP contribution in [0.25, 0.3) is 11.1 Å². The van der Waals surface area contributed by atoms with Crippen LogP contribution in [0.2, 0.25) is 0 Å². The van der Waals surface area contributed by atoms with Crippen LogP contribution in [0.1, 0.15) is 15.9 Å². The Hall–Kier alpha value is -1.40. The Bertz CT molecular complexity index is 849. The molecule has 2 aromatic carbocycles. The Labute approximate surface area is 155 Å². The molecule has 0 radical (unpaired) electrons. The topological polar surface area (TPSA) is 23.6 Å². The molecule has 0 aromatic heterocycles. The highest BCUT2D eigenvalue weighted by Gasteiger charge is 2.39. The van der Waals surface area contributed by atoms with Crippen molar-refractivity contribution in [1.82, 2.24) is 4.90 Å². The van der Waals surface area contributed by atoms with Gasteiger partial charge in [-0.3, -0.25) is 4.79 Å². The number of ketones is 1. The van der Waals surface area contributed by atoms with Crippen molar-refractivity contribution in [2.24, 2.45) is 11.8 Å². The molecule has 122 valence electrons. The van der Waals surface area contributed by atoms with Gasteiger partial charge in [0.1, 0.15) is 0 Å². The highest BCUT2D eigenvalue weighted by atomic mass is 127. The fourth-order valence-corrected chi connectivity index (χ4v) is 5.17. The molecule has 2 fully saturated rings. The molecule has 0 unspecified atom stereocenters. The fourth-order valence-electron chi connectivity index (χ4n) is 4.67. The summed E-state index contributed by atoms with van der Waals surface area (Å²) in [5.41, 5.74) is 5.12. The molecule has 2 saturated heterocycles. The Balaban J connectivity index is 1.48. The molecule has 4 heteroatoms. The molecule has 0 bridgehead atoms. The second-order valence-corrected chi connectivity index (χ2v) is 8.64. The molecule has 3 aliphatic rings. The van der Waals surface area contributed by atoms with E-state index in [1.807, 2.05) is 6.07 Å². The van der Waals surface area contributed by atoms with Gasteiger partial charge < -0.3 is 9.80 Å². The van der Waals surface area contributed by atoms with Crippen LogP contribution in [0.3, 0.4) is 0 Å². The summed E-state index contributed by atoms with van der Waals surface area (Å²) in [5.74, 6) is 1.73. The minimum absolute atomic E-state index is 0.180. The van der Waals surface area contributed by atoms with E-state index in [1.54, 1.807) is 0 Å². The summed E-state index contributed by atoms with van der Waals surface area (Å²) in [5, 5.41) is 0. The van der Waals surface area contributed by atoms with E-state index in [9.17, 15) is 4.79 Å². The fraction of sp³-hybridized carbons (Fsp3) is 0.350.